The van der Waals surface area contributed by atoms with Crippen molar-refractivity contribution in [2.75, 3.05) is 59.0 Å². The van der Waals surface area contributed by atoms with E-state index in [-0.39, 0.29) is 36.3 Å². The van der Waals surface area contributed by atoms with E-state index >= 15 is 0 Å². The summed E-state index contributed by atoms with van der Waals surface area (Å²) in [5, 5.41) is 22.4. The molecule has 33 heavy (non-hydrogen) atoms. The molecule has 0 bridgehead atoms. The Bertz CT molecular complexity index is 989. The Morgan fingerprint density at radius 1 is 0.970 bits per heavy atom. The van der Waals surface area contributed by atoms with Crippen molar-refractivity contribution in [1.82, 2.24) is 24.7 Å². The van der Waals surface area contributed by atoms with Crippen LogP contribution in [0.4, 0.5) is 0 Å². The van der Waals surface area contributed by atoms with Crippen molar-refractivity contribution >= 4 is 22.6 Å². The van der Waals surface area contributed by atoms with Crippen molar-refractivity contribution in [3.63, 3.8) is 0 Å². The Kier molecular flexibility index (Phi) is 7.87. The maximum Gasteiger partial charge on any atom is 0.168 e. The molecular weight excluding hydrogens is 422 g/mol. The normalized spacial score (nSPS) is 20.5. The van der Waals surface area contributed by atoms with E-state index in [1.54, 1.807) is 12.4 Å². The number of fused-ring (bicyclic) bond motifs is 1. The lowest BCUT2D eigenvalue weighted by molar-refractivity contribution is -0.124. The van der Waals surface area contributed by atoms with Crippen molar-refractivity contribution in [3.05, 3.63) is 41.9 Å². The monoisotopic (exact) mass is 455 g/mol. The first-order chi connectivity index (χ1) is 16.1. The van der Waals surface area contributed by atoms with E-state index in [1.165, 1.54) is 0 Å². The molecule has 9 heteroatoms. The summed E-state index contributed by atoms with van der Waals surface area (Å²) in [5.74, 6) is -0.407. The fourth-order valence-corrected chi connectivity index (χ4v) is 4.81. The molecule has 1 saturated carbocycles. The third kappa shape index (κ3) is 5.50. The highest BCUT2D eigenvalue weighted by Crippen LogP contribution is 2.35. The van der Waals surface area contributed by atoms with Crippen LogP contribution in [0.25, 0.3) is 11.0 Å². The topological polar surface area (TPSA) is 111 Å². The summed E-state index contributed by atoms with van der Waals surface area (Å²) in [7, 11) is 0. The molecule has 9 nitrogen and oxygen atoms in total. The molecule has 1 aliphatic heterocycles. The molecule has 2 fully saturated rings. The minimum atomic E-state index is -0.159. The van der Waals surface area contributed by atoms with Gasteiger partial charge in [0.2, 0.25) is 0 Å². The number of hydrogen-bond donors (Lipinski definition) is 3. The van der Waals surface area contributed by atoms with E-state index < -0.39 is 0 Å². The van der Waals surface area contributed by atoms with Crippen LogP contribution in [0, 0.1) is 0 Å². The summed E-state index contributed by atoms with van der Waals surface area (Å²) in [5.41, 5.74) is 1.99. The number of pyridine rings is 1. The molecule has 2 aromatic heterocycles. The first-order valence-corrected chi connectivity index (χ1v) is 11.7. The number of allylic oxidation sites excluding steroid dienone is 1. The van der Waals surface area contributed by atoms with Crippen molar-refractivity contribution < 1.29 is 19.8 Å². The number of nitrogens with one attached hydrogen (secondary N) is 1. The van der Waals surface area contributed by atoms with Crippen LogP contribution in [-0.4, -0.2) is 100 Å². The maximum absolute atomic E-state index is 12.8. The number of aliphatic hydroxyl groups is 2. The van der Waals surface area contributed by atoms with Crippen molar-refractivity contribution in [3.8, 4) is 0 Å². The summed E-state index contributed by atoms with van der Waals surface area (Å²) >= 11 is 0. The SMILES string of the molecule is O=C1CC(c2ccnc3c2ccn3CCO)CC(=O)C1=CNCCN1CCN(CCO)CC1. The quantitative estimate of drug-likeness (QED) is 0.278. The number of nitrogens with zero attached hydrogens (tertiary/aromatic N) is 4. The number of aliphatic hydroxyl groups excluding tert-OH is 2. The number of Topliss-reactive ketones (excluding diaryl/α,β-unsaturated/α-hetero) is 2. The van der Waals surface area contributed by atoms with Crippen LogP contribution in [0.1, 0.15) is 24.3 Å². The van der Waals surface area contributed by atoms with E-state index in [0.29, 0.717) is 25.9 Å². The minimum absolute atomic E-state index is 0.0250. The first kappa shape index (κ1) is 23.6. The van der Waals surface area contributed by atoms with Crippen LogP contribution in [0.15, 0.2) is 36.3 Å². The van der Waals surface area contributed by atoms with Crippen molar-refractivity contribution in [2.24, 2.45) is 0 Å². The first-order valence-electron chi connectivity index (χ1n) is 11.7. The summed E-state index contributed by atoms with van der Waals surface area (Å²) in [6.45, 7) is 6.74. The molecule has 0 spiro atoms. The summed E-state index contributed by atoms with van der Waals surface area (Å²) in [4.78, 5) is 34.6. The average Bonchev–Trinajstić information content (AvgIpc) is 3.22. The van der Waals surface area contributed by atoms with Gasteiger partial charge in [-0.2, -0.15) is 0 Å². The van der Waals surface area contributed by atoms with Gasteiger partial charge in [0.15, 0.2) is 11.6 Å². The number of β-amino-alcohol motifs (C(OH)–C–C–N with tert-alkyl or cyclic N) is 1. The fourth-order valence-electron chi connectivity index (χ4n) is 4.81. The third-order valence-electron chi connectivity index (χ3n) is 6.64. The molecule has 0 amide bonds. The third-order valence-corrected chi connectivity index (χ3v) is 6.64. The van der Waals surface area contributed by atoms with Gasteiger partial charge < -0.3 is 20.1 Å². The molecule has 0 unspecified atom stereocenters. The van der Waals surface area contributed by atoms with E-state index in [1.807, 2.05) is 22.9 Å². The molecule has 0 radical (unpaired) electrons. The van der Waals surface area contributed by atoms with Gasteiger partial charge in [-0.3, -0.25) is 19.4 Å². The molecule has 2 aromatic rings. The lowest BCUT2D eigenvalue weighted by Crippen LogP contribution is -2.48. The number of piperazine rings is 1. The Labute approximate surface area is 193 Å². The van der Waals surface area contributed by atoms with Crippen LogP contribution in [0.2, 0.25) is 0 Å². The fraction of sp³-hybridized carbons (Fsp3) is 0.542. The number of carbonyl (C=O) groups excluding carboxylic acids is 2. The van der Waals surface area contributed by atoms with Crippen molar-refractivity contribution in [2.45, 2.75) is 25.3 Å². The van der Waals surface area contributed by atoms with Gasteiger partial charge in [0.25, 0.3) is 0 Å². The molecule has 178 valence electrons. The van der Waals surface area contributed by atoms with Crippen LogP contribution >= 0.6 is 0 Å². The number of hydrogen-bond acceptors (Lipinski definition) is 8. The van der Waals surface area contributed by atoms with Crippen LogP contribution in [0.5, 0.6) is 0 Å². The second-order valence-electron chi connectivity index (χ2n) is 8.74. The molecule has 3 heterocycles. The minimum Gasteiger partial charge on any atom is -0.395 e. The highest BCUT2D eigenvalue weighted by molar-refractivity contribution is 6.22. The molecule has 4 rings (SSSR count). The lowest BCUT2D eigenvalue weighted by atomic mass is 9.79. The van der Waals surface area contributed by atoms with Crippen molar-refractivity contribution in [1.29, 1.82) is 0 Å². The zero-order valence-electron chi connectivity index (χ0n) is 18.9. The Morgan fingerprint density at radius 2 is 1.64 bits per heavy atom. The van der Waals surface area contributed by atoms with E-state index in [4.69, 9.17) is 5.11 Å². The smallest absolute Gasteiger partial charge is 0.168 e. The largest absolute Gasteiger partial charge is 0.395 e. The Balaban J connectivity index is 1.32. The van der Waals surface area contributed by atoms with Gasteiger partial charge in [-0.05, 0) is 23.6 Å². The molecule has 3 N–H and O–H groups in total. The van der Waals surface area contributed by atoms with Gasteiger partial charge in [-0.1, -0.05) is 0 Å². The maximum atomic E-state index is 12.8. The second kappa shape index (κ2) is 11.0. The average molecular weight is 456 g/mol. The summed E-state index contributed by atoms with van der Waals surface area (Å²) in [6, 6.07) is 3.84. The zero-order valence-corrected chi connectivity index (χ0v) is 18.9. The predicted octanol–water partition coefficient (Wildman–Crippen LogP) is 0.128. The van der Waals surface area contributed by atoms with Gasteiger partial charge in [0.1, 0.15) is 5.65 Å². The lowest BCUT2D eigenvalue weighted by Gasteiger charge is -2.34. The molecule has 0 atom stereocenters. The molecule has 2 aliphatic rings. The number of ketones is 2. The number of aromatic nitrogens is 2. The number of rotatable bonds is 9. The van der Waals surface area contributed by atoms with Crippen LogP contribution in [0.3, 0.4) is 0 Å². The molecule has 0 aromatic carbocycles. The Morgan fingerprint density at radius 3 is 2.30 bits per heavy atom. The van der Waals surface area contributed by atoms with Gasteiger partial charge >= 0.3 is 0 Å². The van der Waals surface area contributed by atoms with Gasteiger partial charge in [-0.25, -0.2) is 4.98 Å². The molecular formula is C24H33N5O4. The van der Waals surface area contributed by atoms with Crippen LogP contribution < -0.4 is 5.32 Å². The second-order valence-corrected chi connectivity index (χ2v) is 8.74. The standard InChI is InChI=1S/C24H33N5O4/c30-13-11-28-9-7-27(8-10-28)6-4-25-17-21-22(32)15-18(16-23(21)33)19-1-3-26-24-20(19)2-5-29(24)12-14-31/h1-3,5,17-18,25,30-31H,4,6-16H2. The van der Waals surface area contributed by atoms with Gasteiger partial charge in [0, 0.05) is 89.2 Å². The summed E-state index contributed by atoms with van der Waals surface area (Å²) in [6.07, 6.45) is 5.79. The van der Waals surface area contributed by atoms with Gasteiger partial charge in [-0.15, -0.1) is 0 Å². The molecule has 1 saturated heterocycles. The molecule has 1 aliphatic carbocycles. The van der Waals surface area contributed by atoms with Crippen LogP contribution in [-0.2, 0) is 16.1 Å². The highest BCUT2D eigenvalue weighted by Gasteiger charge is 2.32. The zero-order chi connectivity index (χ0) is 23.2. The Hall–Kier alpha value is -2.59. The summed E-state index contributed by atoms with van der Waals surface area (Å²) < 4.78 is 1.88. The number of carbonyl (C=O) groups is 2. The van der Waals surface area contributed by atoms with E-state index in [9.17, 15) is 14.7 Å². The van der Waals surface area contributed by atoms with Gasteiger partial charge in [0.05, 0.1) is 18.8 Å². The predicted molar refractivity (Wildman–Crippen MR) is 125 cm³/mol. The highest BCUT2D eigenvalue weighted by atomic mass is 16.3. The van der Waals surface area contributed by atoms with E-state index in [2.05, 4.69) is 20.1 Å². The van der Waals surface area contributed by atoms with E-state index in [0.717, 1.165) is 55.9 Å².